The Balaban J connectivity index is 1.41. The number of benzene rings is 3. The average Bonchev–Trinajstić information content (AvgIpc) is 3.30. The highest BCUT2D eigenvalue weighted by Gasteiger charge is 2.30. The number of alkyl halides is 3. The van der Waals surface area contributed by atoms with Crippen LogP contribution in [-0.2, 0) is 18.6 Å². The lowest BCUT2D eigenvalue weighted by Crippen LogP contribution is -2.26. The Hall–Kier alpha value is -4.84. The molecule has 1 heterocycles. The van der Waals surface area contributed by atoms with Crippen LogP contribution >= 0.6 is 0 Å². The molecule has 0 spiro atoms. The van der Waals surface area contributed by atoms with Crippen LogP contribution in [0, 0.1) is 11.8 Å². The van der Waals surface area contributed by atoms with Crippen LogP contribution in [0.25, 0.3) is 11.1 Å². The number of halogens is 3. The zero-order valence-corrected chi connectivity index (χ0v) is 23.1. The molecule has 0 saturated heterocycles. The second-order valence-electron chi connectivity index (χ2n) is 10.4. The first kappa shape index (κ1) is 29.2. The highest BCUT2D eigenvalue weighted by atomic mass is 19.4. The van der Waals surface area contributed by atoms with Crippen LogP contribution < -0.4 is 10.6 Å². The number of hydrogen-bond acceptors (Lipinski definition) is 3. The summed E-state index contributed by atoms with van der Waals surface area (Å²) in [5.41, 5.74) is 2.48. The van der Waals surface area contributed by atoms with Crippen molar-refractivity contribution < 1.29 is 22.8 Å². The van der Waals surface area contributed by atoms with E-state index in [0.29, 0.717) is 11.1 Å². The number of carbonyl (C=O) groups excluding carboxylic acids is 2. The van der Waals surface area contributed by atoms with E-state index in [4.69, 9.17) is 0 Å². The summed E-state index contributed by atoms with van der Waals surface area (Å²) < 4.78 is 40.3. The minimum absolute atomic E-state index is 0.0514. The molecule has 2 N–H and O–H groups in total. The van der Waals surface area contributed by atoms with E-state index in [1.807, 2.05) is 24.3 Å². The number of imidazole rings is 1. The summed E-state index contributed by atoms with van der Waals surface area (Å²) in [5, 5.41) is 5.37. The minimum atomic E-state index is -4.46. The monoisotopic (exact) mass is 558 g/mol. The largest absolute Gasteiger partial charge is 0.416 e. The lowest BCUT2D eigenvalue weighted by Gasteiger charge is -2.18. The molecule has 0 atom stereocenters. The maximum atomic E-state index is 13.1. The molecular formula is C32H29F3N4O2. The molecule has 0 saturated carbocycles. The molecule has 4 aromatic rings. The van der Waals surface area contributed by atoms with Crippen LogP contribution in [0.4, 0.5) is 19.0 Å². The molecule has 9 heteroatoms. The Morgan fingerprint density at radius 2 is 1.51 bits per heavy atom. The van der Waals surface area contributed by atoms with Gasteiger partial charge in [-0.25, -0.2) is 4.98 Å². The maximum Gasteiger partial charge on any atom is 0.416 e. The van der Waals surface area contributed by atoms with Gasteiger partial charge in [-0.1, -0.05) is 75.1 Å². The van der Waals surface area contributed by atoms with Gasteiger partial charge in [0.2, 0.25) is 5.82 Å². The Kier molecular flexibility index (Phi) is 8.33. The molecule has 210 valence electrons. The number of nitrogens with zero attached hydrogens (tertiary/aromatic N) is 2. The van der Waals surface area contributed by atoms with Crippen LogP contribution in [0.1, 0.15) is 58.4 Å². The Bertz CT molecular complexity index is 1620. The summed E-state index contributed by atoms with van der Waals surface area (Å²) >= 11 is 0. The van der Waals surface area contributed by atoms with Gasteiger partial charge in [0.15, 0.2) is 5.82 Å². The summed E-state index contributed by atoms with van der Waals surface area (Å²) in [5.74, 6) is 5.18. The summed E-state index contributed by atoms with van der Waals surface area (Å²) in [7, 11) is 1.62. The molecule has 4 rings (SSSR count). The SMILES string of the molecule is Cn1cc(NC(=O)c2ccccc2-c2ccc(C(F)(F)F)cc2)nc1C(=O)NCC#Cc1ccc(C(C)(C)C)cc1. The van der Waals surface area contributed by atoms with E-state index in [9.17, 15) is 22.8 Å². The van der Waals surface area contributed by atoms with Crippen LogP contribution in [0.5, 0.6) is 0 Å². The van der Waals surface area contributed by atoms with E-state index in [0.717, 1.165) is 17.7 Å². The van der Waals surface area contributed by atoms with Gasteiger partial charge in [-0.2, -0.15) is 13.2 Å². The van der Waals surface area contributed by atoms with E-state index in [1.165, 1.54) is 28.5 Å². The van der Waals surface area contributed by atoms with Crippen molar-refractivity contribution in [3.63, 3.8) is 0 Å². The number of aryl methyl sites for hydroxylation is 1. The Morgan fingerprint density at radius 1 is 0.878 bits per heavy atom. The fourth-order valence-electron chi connectivity index (χ4n) is 4.10. The van der Waals surface area contributed by atoms with Crippen molar-refractivity contribution in [3.05, 3.63) is 107 Å². The van der Waals surface area contributed by atoms with Crippen molar-refractivity contribution in [2.75, 3.05) is 11.9 Å². The van der Waals surface area contributed by atoms with Crippen LogP contribution in [0.3, 0.4) is 0 Å². The fourth-order valence-corrected chi connectivity index (χ4v) is 4.10. The number of hydrogen-bond donors (Lipinski definition) is 2. The van der Waals surface area contributed by atoms with Crippen LogP contribution in [0.2, 0.25) is 0 Å². The third-order valence-electron chi connectivity index (χ3n) is 6.34. The lowest BCUT2D eigenvalue weighted by molar-refractivity contribution is -0.137. The zero-order valence-electron chi connectivity index (χ0n) is 23.1. The molecule has 1 aromatic heterocycles. The number of aromatic nitrogens is 2. The summed E-state index contributed by atoms with van der Waals surface area (Å²) in [6, 6.07) is 19.1. The predicted molar refractivity (Wildman–Crippen MR) is 152 cm³/mol. The molecule has 3 aromatic carbocycles. The topological polar surface area (TPSA) is 76.0 Å². The third kappa shape index (κ3) is 7.22. The van der Waals surface area contributed by atoms with Gasteiger partial charge < -0.3 is 15.2 Å². The molecule has 0 aliphatic heterocycles. The van der Waals surface area contributed by atoms with Crippen molar-refractivity contribution in [1.29, 1.82) is 0 Å². The summed E-state index contributed by atoms with van der Waals surface area (Å²) in [4.78, 5) is 30.0. The van der Waals surface area contributed by atoms with Crippen LogP contribution in [-0.4, -0.2) is 27.9 Å². The van der Waals surface area contributed by atoms with Gasteiger partial charge >= 0.3 is 6.18 Å². The molecule has 6 nitrogen and oxygen atoms in total. The number of rotatable bonds is 5. The summed E-state index contributed by atoms with van der Waals surface area (Å²) in [6.45, 7) is 6.52. The lowest BCUT2D eigenvalue weighted by atomic mass is 9.87. The van der Waals surface area contributed by atoms with Gasteiger partial charge in [-0.3, -0.25) is 9.59 Å². The molecule has 0 radical (unpaired) electrons. The molecule has 0 fully saturated rings. The minimum Gasteiger partial charge on any atom is -0.338 e. The molecule has 0 aliphatic carbocycles. The normalized spacial score (nSPS) is 11.4. The smallest absolute Gasteiger partial charge is 0.338 e. The maximum absolute atomic E-state index is 13.1. The summed E-state index contributed by atoms with van der Waals surface area (Å²) in [6.07, 6.45) is -2.96. The van der Waals surface area contributed by atoms with Gasteiger partial charge in [0, 0.05) is 24.4 Å². The highest BCUT2D eigenvalue weighted by Crippen LogP contribution is 2.32. The van der Waals surface area contributed by atoms with Gasteiger partial charge in [0.25, 0.3) is 11.8 Å². The Labute approximate surface area is 236 Å². The van der Waals surface area contributed by atoms with Gasteiger partial charge in [0.05, 0.1) is 12.1 Å². The van der Waals surface area contributed by atoms with E-state index in [1.54, 1.807) is 31.3 Å². The fraction of sp³-hybridized carbons (Fsp3) is 0.219. The molecule has 0 bridgehead atoms. The second-order valence-corrected chi connectivity index (χ2v) is 10.4. The van der Waals surface area contributed by atoms with E-state index < -0.39 is 23.6 Å². The number of anilines is 1. The molecule has 0 aliphatic rings. The second kappa shape index (κ2) is 11.7. The molecular weight excluding hydrogens is 529 g/mol. The van der Waals surface area contributed by atoms with E-state index in [2.05, 4.69) is 48.2 Å². The van der Waals surface area contributed by atoms with Gasteiger partial charge in [-0.05, 0) is 52.4 Å². The van der Waals surface area contributed by atoms with Gasteiger partial charge in [0.1, 0.15) is 0 Å². The molecule has 0 unspecified atom stereocenters. The van der Waals surface area contributed by atoms with E-state index in [-0.39, 0.29) is 29.2 Å². The first-order valence-corrected chi connectivity index (χ1v) is 12.8. The quantitative estimate of drug-likeness (QED) is 0.277. The molecule has 41 heavy (non-hydrogen) atoms. The average molecular weight is 559 g/mol. The molecule has 2 amide bonds. The van der Waals surface area contributed by atoms with Crippen molar-refractivity contribution in [2.45, 2.75) is 32.4 Å². The predicted octanol–water partition coefficient (Wildman–Crippen LogP) is 6.44. The Morgan fingerprint density at radius 3 is 2.15 bits per heavy atom. The first-order valence-electron chi connectivity index (χ1n) is 12.8. The number of carbonyl (C=O) groups is 2. The van der Waals surface area contributed by atoms with Crippen molar-refractivity contribution >= 4 is 17.6 Å². The highest BCUT2D eigenvalue weighted by molar-refractivity contribution is 6.08. The van der Waals surface area contributed by atoms with Crippen molar-refractivity contribution in [2.24, 2.45) is 7.05 Å². The number of nitrogens with one attached hydrogen (secondary N) is 2. The zero-order chi connectivity index (χ0) is 29.8. The standard InChI is InChI=1S/C32H29F3N4O2/c1-31(2,3)23-15-11-21(12-16-23)8-7-19-36-30(41)28-37-27(20-39(28)4)38-29(40)26-10-6-5-9-25(26)22-13-17-24(18-14-22)32(33,34)35/h5-6,9-18,20H,19H2,1-4H3,(H,36,41)(H,38,40). The van der Waals surface area contributed by atoms with E-state index >= 15 is 0 Å². The third-order valence-corrected chi connectivity index (χ3v) is 6.34. The number of amides is 2. The van der Waals surface area contributed by atoms with Crippen molar-refractivity contribution in [3.8, 4) is 23.0 Å². The van der Waals surface area contributed by atoms with Crippen molar-refractivity contribution in [1.82, 2.24) is 14.9 Å². The van der Waals surface area contributed by atoms with Crippen LogP contribution in [0.15, 0.2) is 79.0 Å². The first-order chi connectivity index (χ1) is 19.3. The van der Waals surface area contributed by atoms with Gasteiger partial charge in [-0.15, -0.1) is 0 Å².